The van der Waals surface area contributed by atoms with E-state index in [-0.39, 0.29) is 30.5 Å². The summed E-state index contributed by atoms with van der Waals surface area (Å²) < 4.78 is 12.0. The van der Waals surface area contributed by atoms with Crippen LogP contribution in [0.25, 0.3) is 0 Å². The van der Waals surface area contributed by atoms with E-state index >= 15 is 0 Å². The lowest BCUT2D eigenvalue weighted by Crippen LogP contribution is -2.68. The van der Waals surface area contributed by atoms with Crippen LogP contribution in [0.3, 0.4) is 0 Å². The third-order valence-electron chi connectivity index (χ3n) is 8.66. The molecule has 3 fully saturated rings. The highest BCUT2D eigenvalue weighted by Gasteiger charge is 2.61. The number of fused-ring (bicyclic) bond motifs is 1. The van der Waals surface area contributed by atoms with Gasteiger partial charge in [0, 0.05) is 38.5 Å². The summed E-state index contributed by atoms with van der Waals surface area (Å²) in [4.78, 5) is 29.8. The van der Waals surface area contributed by atoms with E-state index in [0.29, 0.717) is 25.8 Å². The third-order valence-corrected chi connectivity index (χ3v) is 8.66. The van der Waals surface area contributed by atoms with Gasteiger partial charge in [0.15, 0.2) is 0 Å². The number of ether oxygens (including phenoxy) is 2. The van der Waals surface area contributed by atoms with Crippen molar-refractivity contribution in [1.82, 2.24) is 9.80 Å². The van der Waals surface area contributed by atoms with Crippen LogP contribution in [0.5, 0.6) is 5.75 Å². The maximum Gasteiger partial charge on any atom is 0.410 e. The molecule has 2 aromatic carbocycles. The molecule has 2 aliphatic carbocycles. The Bertz CT molecular complexity index is 1120. The number of piperidine rings is 1. The molecule has 198 valence electrons. The molecule has 1 aliphatic heterocycles. The van der Waals surface area contributed by atoms with Gasteiger partial charge in [-0.05, 0) is 74.2 Å². The van der Waals surface area contributed by atoms with Gasteiger partial charge in [0.25, 0.3) is 0 Å². The molecule has 1 heterocycles. The lowest BCUT2D eigenvalue weighted by molar-refractivity contribution is -0.189. The van der Waals surface area contributed by atoms with Crippen molar-refractivity contribution in [2.45, 2.75) is 69.1 Å². The van der Waals surface area contributed by atoms with Crippen LogP contribution < -0.4 is 0 Å². The number of rotatable bonds is 7. The topological polar surface area (TPSA) is 79.3 Å². The van der Waals surface area contributed by atoms with Crippen molar-refractivity contribution in [2.24, 2.45) is 5.92 Å². The summed E-state index contributed by atoms with van der Waals surface area (Å²) in [5.41, 5.74) is 0.677. The number of amides is 1. The Morgan fingerprint density at radius 1 is 1.08 bits per heavy atom. The first kappa shape index (κ1) is 25.6. The van der Waals surface area contributed by atoms with Crippen molar-refractivity contribution in [3.63, 3.8) is 0 Å². The standard InChI is InChI=1S/C30H38N2O5/c1-22(33)37-30-14-13-26(31(2)28(35)36-20-24-7-4-3-5-8-24)18-29(30,25-9-6-10-27(34)17-25)15-16-32(21-30)19-23-11-12-23/h3-10,17,23,26,34H,11-16,18-21H2,1-2H3. The van der Waals surface area contributed by atoms with Crippen molar-refractivity contribution in [3.05, 3.63) is 65.7 Å². The Kier molecular flexibility index (Phi) is 7.17. The van der Waals surface area contributed by atoms with Crippen LogP contribution in [0.4, 0.5) is 4.79 Å². The number of hydrogen-bond acceptors (Lipinski definition) is 6. The summed E-state index contributed by atoms with van der Waals surface area (Å²) in [5, 5.41) is 10.4. The number of benzene rings is 2. The normalized spacial score (nSPS) is 27.7. The lowest BCUT2D eigenvalue weighted by atomic mass is 9.55. The average molecular weight is 507 g/mol. The van der Waals surface area contributed by atoms with E-state index < -0.39 is 11.0 Å². The van der Waals surface area contributed by atoms with Gasteiger partial charge >= 0.3 is 12.1 Å². The molecule has 0 spiro atoms. The quantitative estimate of drug-likeness (QED) is 0.540. The Labute approximate surface area is 219 Å². The molecule has 7 heteroatoms. The highest BCUT2D eigenvalue weighted by Crippen LogP contribution is 2.55. The highest BCUT2D eigenvalue weighted by molar-refractivity contribution is 5.68. The maximum atomic E-state index is 13.1. The van der Waals surface area contributed by atoms with Gasteiger partial charge in [-0.1, -0.05) is 42.5 Å². The molecule has 1 saturated heterocycles. The lowest BCUT2D eigenvalue weighted by Gasteiger charge is -2.60. The van der Waals surface area contributed by atoms with Gasteiger partial charge in [0.1, 0.15) is 18.0 Å². The SMILES string of the molecule is CC(=O)OC12CCC(N(C)C(=O)OCc3ccccc3)CC1(c1cccc(O)c1)CCN(CC1CC1)C2. The number of hydrogen-bond donors (Lipinski definition) is 1. The van der Waals surface area contributed by atoms with E-state index in [1.165, 1.54) is 19.8 Å². The fraction of sp³-hybridized carbons (Fsp3) is 0.533. The number of carbonyl (C=O) groups is 2. The van der Waals surface area contributed by atoms with Crippen LogP contribution in [-0.2, 0) is 26.3 Å². The second kappa shape index (κ2) is 10.4. The molecule has 0 radical (unpaired) electrons. The third kappa shape index (κ3) is 5.33. The van der Waals surface area contributed by atoms with Crippen molar-refractivity contribution in [3.8, 4) is 5.75 Å². The molecule has 2 aromatic rings. The molecule has 3 unspecified atom stereocenters. The zero-order valence-electron chi connectivity index (χ0n) is 21.9. The average Bonchev–Trinajstić information content (AvgIpc) is 3.70. The van der Waals surface area contributed by atoms with E-state index in [9.17, 15) is 14.7 Å². The summed E-state index contributed by atoms with van der Waals surface area (Å²) in [7, 11) is 1.80. The molecule has 7 nitrogen and oxygen atoms in total. The zero-order chi connectivity index (χ0) is 26.0. The number of nitrogens with zero attached hydrogens (tertiary/aromatic N) is 2. The minimum Gasteiger partial charge on any atom is -0.508 e. The molecular formula is C30H38N2O5. The zero-order valence-corrected chi connectivity index (χ0v) is 21.9. The fourth-order valence-corrected chi connectivity index (χ4v) is 6.59. The van der Waals surface area contributed by atoms with E-state index in [2.05, 4.69) is 4.90 Å². The number of esters is 1. The van der Waals surface area contributed by atoms with Crippen LogP contribution in [0.1, 0.15) is 56.6 Å². The summed E-state index contributed by atoms with van der Waals surface area (Å²) in [5.74, 6) is 0.651. The van der Waals surface area contributed by atoms with E-state index in [1.807, 2.05) is 48.5 Å². The first-order valence-corrected chi connectivity index (χ1v) is 13.5. The molecule has 1 amide bonds. The summed E-state index contributed by atoms with van der Waals surface area (Å²) in [6.45, 7) is 4.31. The smallest absolute Gasteiger partial charge is 0.410 e. The minimum absolute atomic E-state index is 0.0794. The monoisotopic (exact) mass is 506 g/mol. The van der Waals surface area contributed by atoms with Gasteiger partial charge in [0.2, 0.25) is 0 Å². The molecule has 1 N–H and O–H groups in total. The van der Waals surface area contributed by atoms with Gasteiger partial charge in [-0.25, -0.2) is 4.79 Å². The van der Waals surface area contributed by atoms with Gasteiger partial charge < -0.3 is 19.5 Å². The number of carbonyl (C=O) groups excluding carboxylic acids is 2. The predicted molar refractivity (Wildman–Crippen MR) is 140 cm³/mol. The molecule has 0 aromatic heterocycles. The molecule has 0 bridgehead atoms. The summed E-state index contributed by atoms with van der Waals surface area (Å²) >= 11 is 0. The van der Waals surface area contributed by atoms with Crippen molar-refractivity contribution in [2.75, 3.05) is 26.7 Å². The Balaban J connectivity index is 1.42. The van der Waals surface area contributed by atoms with Crippen LogP contribution in [0, 0.1) is 5.92 Å². The molecule has 2 saturated carbocycles. The molecule has 3 aliphatic rings. The van der Waals surface area contributed by atoms with Crippen LogP contribution >= 0.6 is 0 Å². The summed E-state index contributed by atoms with van der Waals surface area (Å²) in [6, 6.07) is 17.0. The van der Waals surface area contributed by atoms with Crippen LogP contribution in [0.15, 0.2) is 54.6 Å². The van der Waals surface area contributed by atoms with Gasteiger partial charge in [0.05, 0.1) is 0 Å². The van der Waals surface area contributed by atoms with Gasteiger partial charge in [-0.15, -0.1) is 0 Å². The van der Waals surface area contributed by atoms with Crippen molar-refractivity contribution in [1.29, 1.82) is 0 Å². The van der Waals surface area contributed by atoms with E-state index in [0.717, 1.165) is 36.6 Å². The van der Waals surface area contributed by atoms with Crippen LogP contribution in [0.2, 0.25) is 0 Å². The van der Waals surface area contributed by atoms with Gasteiger partial charge in [-0.3, -0.25) is 9.69 Å². The van der Waals surface area contributed by atoms with E-state index in [4.69, 9.17) is 9.47 Å². The second-order valence-corrected chi connectivity index (χ2v) is 11.2. The van der Waals surface area contributed by atoms with Gasteiger partial charge in [-0.2, -0.15) is 0 Å². The molecule has 3 atom stereocenters. The predicted octanol–water partition coefficient (Wildman–Crippen LogP) is 4.87. The number of likely N-dealkylation sites (tertiary alicyclic amines) is 1. The van der Waals surface area contributed by atoms with Crippen LogP contribution in [-0.4, -0.2) is 65.3 Å². The Hall–Kier alpha value is -3.06. The van der Waals surface area contributed by atoms with Crippen molar-refractivity contribution >= 4 is 12.1 Å². The number of phenolic OH excluding ortho intramolecular Hbond substituents is 1. The second-order valence-electron chi connectivity index (χ2n) is 11.2. The minimum atomic E-state index is -0.717. The van der Waals surface area contributed by atoms with Crippen molar-refractivity contribution < 1.29 is 24.2 Å². The first-order chi connectivity index (χ1) is 17.8. The van der Waals surface area contributed by atoms with E-state index in [1.54, 1.807) is 18.0 Å². The maximum absolute atomic E-state index is 13.1. The number of aromatic hydroxyl groups is 1. The highest BCUT2D eigenvalue weighted by atomic mass is 16.6. The molecule has 37 heavy (non-hydrogen) atoms. The number of phenols is 1. The summed E-state index contributed by atoms with van der Waals surface area (Å²) in [6.07, 6.45) is 4.97. The molecular weight excluding hydrogens is 468 g/mol. The first-order valence-electron chi connectivity index (χ1n) is 13.5. The fourth-order valence-electron chi connectivity index (χ4n) is 6.59. The Morgan fingerprint density at radius 2 is 1.86 bits per heavy atom. The largest absolute Gasteiger partial charge is 0.508 e. The Morgan fingerprint density at radius 3 is 2.57 bits per heavy atom. The molecule has 5 rings (SSSR count).